The smallest absolute Gasteiger partial charge is 0.168 e. The summed E-state index contributed by atoms with van der Waals surface area (Å²) in [5.74, 6) is 2.35. The molecule has 0 amide bonds. The first kappa shape index (κ1) is 14.7. The van der Waals surface area contributed by atoms with Crippen LogP contribution in [0.1, 0.15) is 47.0 Å². The average Bonchev–Trinajstić information content (AvgIpc) is 2.51. The van der Waals surface area contributed by atoms with Crippen LogP contribution in [0.3, 0.4) is 0 Å². The summed E-state index contributed by atoms with van der Waals surface area (Å²) in [6.45, 7) is 12.4. The van der Waals surface area contributed by atoms with Gasteiger partial charge >= 0.3 is 0 Å². The highest BCUT2D eigenvalue weighted by Gasteiger charge is 2.20. The zero-order valence-corrected chi connectivity index (χ0v) is 12.6. The molecule has 100 valence electrons. The van der Waals surface area contributed by atoms with E-state index in [0.717, 1.165) is 36.6 Å². The molecular weight excluding hydrogens is 228 g/mol. The van der Waals surface area contributed by atoms with Crippen LogP contribution >= 0.6 is 12.2 Å². The van der Waals surface area contributed by atoms with Gasteiger partial charge in [0.2, 0.25) is 0 Å². The summed E-state index contributed by atoms with van der Waals surface area (Å²) in [6, 6.07) is 0. The van der Waals surface area contributed by atoms with Gasteiger partial charge in [-0.05, 0) is 49.2 Å². The summed E-state index contributed by atoms with van der Waals surface area (Å²) < 4.78 is 0. The molecule has 1 fully saturated rings. The third kappa shape index (κ3) is 5.24. The Morgan fingerprint density at radius 3 is 2.53 bits per heavy atom. The molecule has 17 heavy (non-hydrogen) atoms. The number of hydrogen-bond acceptors (Lipinski definition) is 1. The molecule has 1 heterocycles. The fourth-order valence-electron chi connectivity index (χ4n) is 2.40. The summed E-state index contributed by atoms with van der Waals surface area (Å²) >= 11 is 5.47. The molecule has 1 aliphatic rings. The van der Waals surface area contributed by atoms with Gasteiger partial charge in [-0.15, -0.1) is 0 Å². The van der Waals surface area contributed by atoms with Crippen LogP contribution in [-0.2, 0) is 0 Å². The van der Waals surface area contributed by atoms with E-state index >= 15 is 0 Å². The Morgan fingerprint density at radius 2 is 1.94 bits per heavy atom. The number of hydrogen-bond donors (Lipinski definition) is 1. The Morgan fingerprint density at radius 1 is 1.24 bits per heavy atom. The van der Waals surface area contributed by atoms with Crippen LogP contribution in [0.15, 0.2) is 0 Å². The van der Waals surface area contributed by atoms with Gasteiger partial charge in [-0.25, -0.2) is 0 Å². The highest BCUT2D eigenvalue weighted by molar-refractivity contribution is 7.80. The van der Waals surface area contributed by atoms with Crippen molar-refractivity contribution < 1.29 is 0 Å². The van der Waals surface area contributed by atoms with Gasteiger partial charge < -0.3 is 10.2 Å². The normalized spacial score (nSPS) is 21.8. The SMILES string of the molecule is CC(C)CNC(=S)N1CCCC(C(C)C)CC1. The van der Waals surface area contributed by atoms with Crippen molar-refractivity contribution in [1.29, 1.82) is 0 Å². The molecule has 1 unspecified atom stereocenters. The lowest BCUT2D eigenvalue weighted by Crippen LogP contribution is -2.41. The van der Waals surface area contributed by atoms with Crippen molar-refractivity contribution in [2.45, 2.75) is 47.0 Å². The predicted molar refractivity (Wildman–Crippen MR) is 79.2 cm³/mol. The van der Waals surface area contributed by atoms with Crippen molar-refractivity contribution in [3.63, 3.8) is 0 Å². The third-order valence-electron chi connectivity index (χ3n) is 3.66. The van der Waals surface area contributed by atoms with Crippen LogP contribution in [0.2, 0.25) is 0 Å². The van der Waals surface area contributed by atoms with Gasteiger partial charge in [-0.1, -0.05) is 27.7 Å². The second-order valence-electron chi connectivity index (χ2n) is 6.00. The Kier molecular flexibility index (Phi) is 6.24. The molecule has 0 aromatic rings. The molecule has 1 saturated heterocycles. The van der Waals surface area contributed by atoms with Crippen LogP contribution in [0, 0.1) is 17.8 Å². The maximum absolute atomic E-state index is 5.47. The molecular formula is C14H28N2S. The molecule has 3 heteroatoms. The molecule has 0 aromatic carbocycles. The van der Waals surface area contributed by atoms with E-state index in [1.165, 1.54) is 19.3 Å². The van der Waals surface area contributed by atoms with Crippen LogP contribution < -0.4 is 5.32 Å². The minimum Gasteiger partial charge on any atom is -0.362 e. The first-order valence-electron chi connectivity index (χ1n) is 7.03. The van der Waals surface area contributed by atoms with Crippen LogP contribution in [-0.4, -0.2) is 29.6 Å². The quantitative estimate of drug-likeness (QED) is 0.780. The van der Waals surface area contributed by atoms with Gasteiger partial charge in [0.05, 0.1) is 0 Å². The van der Waals surface area contributed by atoms with E-state index in [1.54, 1.807) is 0 Å². The number of thiocarbonyl (C=S) groups is 1. The van der Waals surface area contributed by atoms with Crippen LogP contribution in [0.25, 0.3) is 0 Å². The van der Waals surface area contributed by atoms with Crippen molar-refractivity contribution in [3.05, 3.63) is 0 Å². The Labute approximate surface area is 112 Å². The maximum atomic E-state index is 5.47. The van der Waals surface area contributed by atoms with Crippen molar-refractivity contribution >= 4 is 17.3 Å². The van der Waals surface area contributed by atoms with Crippen molar-refractivity contribution in [3.8, 4) is 0 Å². The summed E-state index contributed by atoms with van der Waals surface area (Å²) in [4.78, 5) is 2.36. The van der Waals surface area contributed by atoms with Gasteiger partial charge in [-0.2, -0.15) is 0 Å². The fraction of sp³-hybridized carbons (Fsp3) is 0.929. The lowest BCUT2D eigenvalue weighted by atomic mass is 9.89. The minimum absolute atomic E-state index is 0.656. The topological polar surface area (TPSA) is 15.3 Å². The van der Waals surface area contributed by atoms with Gasteiger partial charge in [0, 0.05) is 19.6 Å². The molecule has 0 bridgehead atoms. The maximum Gasteiger partial charge on any atom is 0.168 e. The summed E-state index contributed by atoms with van der Waals surface area (Å²) in [5.41, 5.74) is 0. The van der Waals surface area contributed by atoms with Crippen molar-refractivity contribution in [2.24, 2.45) is 17.8 Å². The van der Waals surface area contributed by atoms with Crippen LogP contribution in [0.5, 0.6) is 0 Å². The van der Waals surface area contributed by atoms with E-state index in [0.29, 0.717) is 5.92 Å². The third-order valence-corrected chi connectivity index (χ3v) is 4.07. The van der Waals surface area contributed by atoms with Gasteiger partial charge in [-0.3, -0.25) is 0 Å². The van der Waals surface area contributed by atoms with Crippen molar-refractivity contribution in [1.82, 2.24) is 10.2 Å². The Hall–Kier alpha value is -0.310. The van der Waals surface area contributed by atoms with Gasteiger partial charge in [0.1, 0.15) is 0 Å². The zero-order chi connectivity index (χ0) is 12.8. The van der Waals surface area contributed by atoms with E-state index in [9.17, 15) is 0 Å². The summed E-state index contributed by atoms with van der Waals surface area (Å²) in [7, 11) is 0. The standard InChI is InChI=1S/C14H28N2S/c1-11(2)10-15-14(17)16-8-5-6-13(7-9-16)12(3)4/h11-13H,5-10H2,1-4H3,(H,15,17). The molecule has 0 aliphatic carbocycles. The molecule has 1 rings (SSSR count). The molecule has 0 aromatic heterocycles. The Balaban J connectivity index is 2.37. The molecule has 1 atom stereocenters. The second kappa shape index (κ2) is 7.20. The molecule has 1 aliphatic heterocycles. The van der Waals surface area contributed by atoms with E-state index in [-0.39, 0.29) is 0 Å². The zero-order valence-electron chi connectivity index (χ0n) is 11.8. The monoisotopic (exact) mass is 256 g/mol. The fourth-order valence-corrected chi connectivity index (χ4v) is 2.66. The van der Waals surface area contributed by atoms with E-state index in [4.69, 9.17) is 12.2 Å². The first-order valence-corrected chi connectivity index (χ1v) is 7.44. The predicted octanol–water partition coefficient (Wildman–Crippen LogP) is 3.28. The van der Waals surface area contributed by atoms with E-state index < -0.39 is 0 Å². The minimum atomic E-state index is 0.656. The molecule has 0 saturated carbocycles. The number of rotatable bonds is 3. The van der Waals surface area contributed by atoms with E-state index in [2.05, 4.69) is 37.9 Å². The first-order chi connectivity index (χ1) is 8.00. The summed E-state index contributed by atoms with van der Waals surface area (Å²) in [6.07, 6.45) is 3.94. The van der Waals surface area contributed by atoms with Crippen molar-refractivity contribution in [2.75, 3.05) is 19.6 Å². The highest BCUT2D eigenvalue weighted by atomic mass is 32.1. The van der Waals surface area contributed by atoms with Gasteiger partial charge in [0.15, 0.2) is 5.11 Å². The largest absolute Gasteiger partial charge is 0.362 e. The summed E-state index contributed by atoms with van der Waals surface area (Å²) in [5, 5.41) is 4.34. The number of likely N-dealkylation sites (tertiary alicyclic amines) is 1. The lowest BCUT2D eigenvalue weighted by Gasteiger charge is -2.25. The average molecular weight is 256 g/mol. The molecule has 1 N–H and O–H groups in total. The molecule has 0 spiro atoms. The second-order valence-corrected chi connectivity index (χ2v) is 6.39. The number of nitrogens with one attached hydrogen (secondary N) is 1. The number of nitrogens with zero attached hydrogens (tertiary/aromatic N) is 1. The van der Waals surface area contributed by atoms with Gasteiger partial charge in [0.25, 0.3) is 0 Å². The van der Waals surface area contributed by atoms with Crippen LogP contribution in [0.4, 0.5) is 0 Å². The highest BCUT2D eigenvalue weighted by Crippen LogP contribution is 2.24. The molecule has 0 radical (unpaired) electrons. The molecule has 2 nitrogen and oxygen atoms in total. The lowest BCUT2D eigenvalue weighted by molar-refractivity contribution is 0.339. The Bertz CT molecular complexity index is 238. The van der Waals surface area contributed by atoms with E-state index in [1.807, 2.05) is 0 Å².